The van der Waals surface area contributed by atoms with Crippen molar-refractivity contribution in [3.8, 4) is 5.75 Å². The Morgan fingerprint density at radius 3 is 2.47 bits per heavy atom. The molecular formula is C25H24FN3O3S2. The number of rotatable bonds is 8. The fraction of sp³-hybridized carbons (Fsp3) is 0.240. The number of carbonyl (C=O) groups is 2. The standard InChI is InChI=1S/C25H24FN3O3S2/c1-16-12-14-34-22(16)11-13-28-21(15-23(30)27-18-5-3-17(26)4-6-18)24(31)29(25(28)33)19-7-9-20(32-2)10-8-19/h3-10,12,14,21H,11,13,15H2,1-2H3,(H,27,30)/t21-/m1/s1. The summed E-state index contributed by atoms with van der Waals surface area (Å²) < 4.78 is 18.4. The van der Waals surface area contributed by atoms with Crippen LogP contribution in [-0.2, 0) is 16.0 Å². The Hall–Kier alpha value is -3.30. The smallest absolute Gasteiger partial charge is 0.256 e. The maximum absolute atomic E-state index is 13.5. The van der Waals surface area contributed by atoms with E-state index in [1.165, 1.54) is 39.6 Å². The molecule has 2 aromatic carbocycles. The molecule has 3 aromatic rings. The summed E-state index contributed by atoms with van der Waals surface area (Å²) in [7, 11) is 1.57. The molecule has 1 aliphatic heterocycles. The summed E-state index contributed by atoms with van der Waals surface area (Å²) in [6.07, 6.45) is 0.635. The van der Waals surface area contributed by atoms with E-state index in [-0.39, 0.29) is 24.1 Å². The summed E-state index contributed by atoms with van der Waals surface area (Å²) in [6.45, 7) is 2.56. The van der Waals surface area contributed by atoms with Crippen molar-refractivity contribution in [3.63, 3.8) is 0 Å². The monoisotopic (exact) mass is 497 g/mol. The van der Waals surface area contributed by atoms with Crippen LogP contribution in [0.5, 0.6) is 5.75 Å². The third-order valence-corrected chi connectivity index (χ3v) is 7.20. The number of methoxy groups -OCH3 is 1. The Bertz CT molecular complexity index is 1190. The van der Waals surface area contributed by atoms with Gasteiger partial charge in [-0.05, 0) is 91.1 Å². The zero-order chi connectivity index (χ0) is 24.2. The quantitative estimate of drug-likeness (QED) is 0.454. The van der Waals surface area contributed by atoms with E-state index in [9.17, 15) is 14.0 Å². The summed E-state index contributed by atoms with van der Waals surface area (Å²) >= 11 is 7.38. The Balaban J connectivity index is 1.56. The summed E-state index contributed by atoms with van der Waals surface area (Å²) in [5.74, 6) is -0.324. The van der Waals surface area contributed by atoms with E-state index in [1.807, 2.05) is 10.3 Å². The number of carbonyl (C=O) groups excluding carboxylic acids is 2. The highest BCUT2D eigenvalue weighted by atomic mass is 32.1. The topological polar surface area (TPSA) is 61.9 Å². The van der Waals surface area contributed by atoms with Crippen LogP contribution in [0.15, 0.2) is 60.0 Å². The predicted octanol–water partition coefficient (Wildman–Crippen LogP) is 4.78. The fourth-order valence-electron chi connectivity index (χ4n) is 3.86. The van der Waals surface area contributed by atoms with Gasteiger partial charge in [0, 0.05) is 17.1 Å². The highest BCUT2D eigenvalue weighted by Gasteiger charge is 2.44. The van der Waals surface area contributed by atoms with E-state index in [0.717, 1.165) is 0 Å². The van der Waals surface area contributed by atoms with Gasteiger partial charge in [-0.3, -0.25) is 14.5 Å². The first-order valence-corrected chi connectivity index (χ1v) is 12.0. The second-order valence-electron chi connectivity index (χ2n) is 7.90. The van der Waals surface area contributed by atoms with E-state index < -0.39 is 6.04 Å². The number of halogens is 1. The predicted molar refractivity (Wildman–Crippen MR) is 136 cm³/mol. The van der Waals surface area contributed by atoms with Gasteiger partial charge < -0.3 is 15.0 Å². The summed E-state index contributed by atoms with van der Waals surface area (Å²) in [5.41, 5.74) is 2.28. The molecule has 1 aromatic heterocycles. The maximum Gasteiger partial charge on any atom is 0.256 e. The Kier molecular flexibility index (Phi) is 7.23. The number of thiocarbonyl (C=S) groups is 1. The van der Waals surface area contributed by atoms with E-state index in [0.29, 0.717) is 35.2 Å². The lowest BCUT2D eigenvalue weighted by atomic mass is 10.1. The molecule has 0 aliphatic carbocycles. The first-order valence-electron chi connectivity index (χ1n) is 10.7. The number of anilines is 2. The molecule has 1 fully saturated rings. The molecule has 1 aliphatic rings. The first-order chi connectivity index (χ1) is 16.4. The minimum absolute atomic E-state index is 0.0770. The van der Waals surface area contributed by atoms with Crippen molar-refractivity contribution in [1.82, 2.24) is 4.90 Å². The van der Waals surface area contributed by atoms with E-state index in [4.69, 9.17) is 17.0 Å². The molecule has 1 atom stereocenters. The number of benzene rings is 2. The number of aryl methyl sites for hydroxylation is 1. The van der Waals surface area contributed by atoms with Crippen LogP contribution < -0.4 is 15.0 Å². The molecule has 0 unspecified atom stereocenters. The lowest BCUT2D eigenvalue weighted by Gasteiger charge is -2.24. The number of hydrogen-bond acceptors (Lipinski definition) is 5. The van der Waals surface area contributed by atoms with E-state index in [1.54, 1.807) is 42.7 Å². The van der Waals surface area contributed by atoms with Gasteiger partial charge in [0.25, 0.3) is 5.91 Å². The number of hydrogen-bond donors (Lipinski definition) is 1. The number of nitrogens with one attached hydrogen (secondary N) is 1. The van der Waals surface area contributed by atoms with Crippen LogP contribution in [0.3, 0.4) is 0 Å². The first kappa shape index (κ1) is 23.8. The number of ether oxygens (including phenoxy) is 1. The highest BCUT2D eigenvalue weighted by molar-refractivity contribution is 7.80. The molecule has 1 saturated heterocycles. The van der Waals surface area contributed by atoms with Crippen LogP contribution in [0.2, 0.25) is 0 Å². The van der Waals surface area contributed by atoms with Gasteiger partial charge in [0.15, 0.2) is 5.11 Å². The molecule has 0 bridgehead atoms. The van der Waals surface area contributed by atoms with Gasteiger partial charge >= 0.3 is 0 Å². The molecular weight excluding hydrogens is 473 g/mol. The molecule has 4 rings (SSSR count). The van der Waals surface area contributed by atoms with Crippen LogP contribution in [0, 0.1) is 12.7 Å². The number of nitrogens with zero attached hydrogens (tertiary/aromatic N) is 2. The van der Waals surface area contributed by atoms with Gasteiger partial charge in [0.2, 0.25) is 5.91 Å². The molecule has 1 N–H and O–H groups in total. The van der Waals surface area contributed by atoms with Crippen LogP contribution in [0.4, 0.5) is 15.8 Å². The summed E-state index contributed by atoms with van der Waals surface area (Å²) in [4.78, 5) is 30.8. The summed E-state index contributed by atoms with van der Waals surface area (Å²) in [6, 6.07) is 13.9. The SMILES string of the molecule is COc1ccc(N2C(=O)[C@@H](CC(=O)Nc3ccc(F)cc3)N(CCc3sccc3C)C2=S)cc1. The van der Waals surface area contributed by atoms with Gasteiger partial charge in [0.1, 0.15) is 17.6 Å². The Morgan fingerprint density at radius 2 is 1.85 bits per heavy atom. The average molecular weight is 498 g/mol. The molecule has 0 radical (unpaired) electrons. The number of thiophene rings is 1. The number of amides is 2. The van der Waals surface area contributed by atoms with Crippen molar-refractivity contribution < 1.29 is 18.7 Å². The van der Waals surface area contributed by atoms with Gasteiger partial charge in [-0.1, -0.05) is 0 Å². The van der Waals surface area contributed by atoms with Crippen LogP contribution in [0.25, 0.3) is 0 Å². The third-order valence-electron chi connectivity index (χ3n) is 5.70. The molecule has 0 saturated carbocycles. The van der Waals surface area contributed by atoms with Crippen molar-refractivity contribution in [2.45, 2.75) is 25.8 Å². The van der Waals surface area contributed by atoms with Crippen molar-refractivity contribution >= 4 is 51.9 Å². The van der Waals surface area contributed by atoms with Gasteiger partial charge in [-0.2, -0.15) is 0 Å². The normalized spacial score (nSPS) is 15.7. The van der Waals surface area contributed by atoms with Crippen LogP contribution >= 0.6 is 23.6 Å². The fourth-order valence-corrected chi connectivity index (χ4v) is 5.17. The van der Waals surface area contributed by atoms with Gasteiger partial charge in [-0.15, -0.1) is 11.3 Å². The minimum Gasteiger partial charge on any atom is -0.497 e. The second kappa shape index (κ2) is 10.3. The molecule has 9 heteroatoms. The third kappa shape index (κ3) is 5.10. The largest absolute Gasteiger partial charge is 0.497 e. The molecule has 2 heterocycles. The Morgan fingerprint density at radius 1 is 1.15 bits per heavy atom. The highest BCUT2D eigenvalue weighted by Crippen LogP contribution is 2.29. The van der Waals surface area contributed by atoms with Crippen LogP contribution in [-0.4, -0.2) is 41.5 Å². The molecule has 6 nitrogen and oxygen atoms in total. The average Bonchev–Trinajstić information content (AvgIpc) is 3.34. The van der Waals surface area contributed by atoms with Gasteiger partial charge in [0.05, 0.1) is 19.2 Å². The second-order valence-corrected chi connectivity index (χ2v) is 9.27. The van der Waals surface area contributed by atoms with Crippen molar-refractivity contribution in [3.05, 3.63) is 76.2 Å². The Labute approximate surface area is 206 Å². The van der Waals surface area contributed by atoms with Crippen LogP contribution in [0.1, 0.15) is 16.9 Å². The van der Waals surface area contributed by atoms with E-state index >= 15 is 0 Å². The zero-order valence-corrected chi connectivity index (χ0v) is 20.4. The van der Waals surface area contributed by atoms with Crippen molar-refractivity contribution in [2.75, 3.05) is 23.9 Å². The van der Waals surface area contributed by atoms with E-state index in [2.05, 4.69) is 18.3 Å². The molecule has 176 valence electrons. The van der Waals surface area contributed by atoms with Crippen molar-refractivity contribution in [1.29, 1.82) is 0 Å². The zero-order valence-electron chi connectivity index (χ0n) is 18.8. The minimum atomic E-state index is -0.740. The maximum atomic E-state index is 13.5. The lowest BCUT2D eigenvalue weighted by Crippen LogP contribution is -2.39. The molecule has 34 heavy (non-hydrogen) atoms. The lowest BCUT2D eigenvalue weighted by molar-refractivity contribution is -0.124. The summed E-state index contributed by atoms with van der Waals surface area (Å²) in [5, 5.41) is 5.14. The van der Waals surface area contributed by atoms with Gasteiger partial charge in [-0.25, -0.2) is 4.39 Å². The van der Waals surface area contributed by atoms with Crippen molar-refractivity contribution in [2.24, 2.45) is 0 Å². The molecule has 0 spiro atoms. The molecule has 2 amide bonds.